The Bertz CT molecular complexity index is 960. The van der Waals surface area contributed by atoms with Crippen molar-refractivity contribution in [3.63, 3.8) is 0 Å². The summed E-state index contributed by atoms with van der Waals surface area (Å²) in [5.41, 5.74) is 0.982. The molecule has 0 bridgehead atoms. The average Bonchev–Trinajstić information content (AvgIpc) is 3.16. The summed E-state index contributed by atoms with van der Waals surface area (Å²) in [4.78, 5) is 24.0. The Morgan fingerprint density at radius 1 is 1.04 bits per heavy atom. The Morgan fingerprint density at radius 3 is 2.52 bits per heavy atom. The number of ether oxygens (including phenoxy) is 1. The van der Waals surface area contributed by atoms with E-state index in [9.17, 15) is 14.0 Å². The molecule has 0 aliphatic carbocycles. The SMILES string of the molecule is O=C(COc1ccc(F)cc1Br)Nc1cccc(NC(=O)c2ccco2)c1. The summed E-state index contributed by atoms with van der Waals surface area (Å²) >= 11 is 3.17. The fraction of sp³-hybridized carbons (Fsp3) is 0.0526. The molecule has 0 fully saturated rings. The Kier molecular flexibility index (Phi) is 5.87. The first-order chi connectivity index (χ1) is 13.0. The molecule has 2 aromatic carbocycles. The van der Waals surface area contributed by atoms with Crippen molar-refractivity contribution in [1.82, 2.24) is 0 Å². The standard InChI is InChI=1S/C19H14BrFN2O4/c20-15-9-12(21)6-7-16(15)27-11-18(24)22-13-3-1-4-14(10-13)23-19(25)17-5-2-8-26-17/h1-10H,11H2,(H,22,24)(H,23,25). The smallest absolute Gasteiger partial charge is 0.291 e. The third-order valence-corrected chi connectivity index (χ3v) is 4.02. The molecule has 0 unspecified atom stereocenters. The molecule has 6 nitrogen and oxygen atoms in total. The number of rotatable bonds is 6. The van der Waals surface area contributed by atoms with Crippen molar-refractivity contribution < 1.29 is 23.1 Å². The molecule has 138 valence electrons. The summed E-state index contributed by atoms with van der Waals surface area (Å²) in [6.45, 7) is -0.257. The molecule has 0 radical (unpaired) electrons. The van der Waals surface area contributed by atoms with Gasteiger partial charge < -0.3 is 19.8 Å². The van der Waals surface area contributed by atoms with Gasteiger partial charge in [-0.3, -0.25) is 9.59 Å². The molecular weight excluding hydrogens is 419 g/mol. The molecule has 0 saturated carbocycles. The van der Waals surface area contributed by atoms with Gasteiger partial charge in [-0.1, -0.05) is 6.07 Å². The zero-order chi connectivity index (χ0) is 19.2. The predicted octanol–water partition coefficient (Wildman–Crippen LogP) is 4.45. The van der Waals surface area contributed by atoms with Gasteiger partial charge in [0.05, 0.1) is 10.7 Å². The van der Waals surface area contributed by atoms with Crippen LogP contribution in [0.2, 0.25) is 0 Å². The minimum Gasteiger partial charge on any atom is -0.483 e. The van der Waals surface area contributed by atoms with E-state index >= 15 is 0 Å². The van der Waals surface area contributed by atoms with Crippen molar-refractivity contribution in [3.8, 4) is 5.75 Å². The van der Waals surface area contributed by atoms with Gasteiger partial charge in [-0.05, 0) is 64.5 Å². The molecule has 0 spiro atoms. The number of halogens is 2. The van der Waals surface area contributed by atoms with Crippen LogP contribution in [0.5, 0.6) is 5.75 Å². The van der Waals surface area contributed by atoms with Gasteiger partial charge in [-0.25, -0.2) is 4.39 Å². The monoisotopic (exact) mass is 432 g/mol. The minimum absolute atomic E-state index is 0.183. The maximum atomic E-state index is 13.1. The van der Waals surface area contributed by atoms with E-state index < -0.39 is 17.6 Å². The van der Waals surface area contributed by atoms with E-state index in [4.69, 9.17) is 9.15 Å². The topological polar surface area (TPSA) is 80.6 Å². The van der Waals surface area contributed by atoms with Gasteiger partial charge in [0.1, 0.15) is 11.6 Å². The summed E-state index contributed by atoms with van der Waals surface area (Å²) < 4.78 is 23.9. The summed E-state index contributed by atoms with van der Waals surface area (Å²) in [6, 6.07) is 13.7. The Balaban J connectivity index is 1.57. The fourth-order valence-corrected chi connectivity index (χ4v) is 2.67. The second kappa shape index (κ2) is 8.50. The third kappa shape index (κ3) is 5.18. The molecule has 2 amide bonds. The van der Waals surface area contributed by atoms with Crippen molar-refractivity contribution in [2.75, 3.05) is 17.2 Å². The van der Waals surface area contributed by atoms with Crippen LogP contribution in [0.1, 0.15) is 10.6 Å². The van der Waals surface area contributed by atoms with Crippen molar-refractivity contribution in [2.45, 2.75) is 0 Å². The zero-order valence-electron chi connectivity index (χ0n) is 13.9. The summed E-state index contributed by atoms with van der Waals surface area (Å²) in [7, 11) is 0. The number of carbonyl (C=O) groups is 2. The highest BCUT2D eigenvalue weighted by atomic mass is 79.9. The molecule has 3 rings (SSSR count). The van der Waals surface area contributed by atoms with Crippen LogP contribution in [0.3, 0.4) is 0 Å². The second-order valence-corrected chi connectivity index (χ2v) is 6.28. The Hall–Kier alpha value is -3.13. The van der Waals surface area contributed by atoms with Gasteiger partial charge in [0.2, 0.25) is 0 Å². The second-order valence-electron chi connectivity index (χ2n) is 5.42. The molecule has 1 heterocycles. The van der Waals surface area contributed by atoms with Crippen LogP contribution in [-0.4, -0.2) is 18.4 Å². The highest BCUT2D eigenvalue weighted by Gasteiger charge is 2.10. The van der Waals surface area contributed by atoms with E-state index in [2.05, 4.69) is 26.6 Å². The van der Waals surface area contributed by atoms with Crippen LogP contribution in [0.25, 0.3) is 0 Å². The quantitative estimate of drug-likeness (QED) is 0.602. The highest BCUT2D eigenvalue weighted by molar-refractivity contribution is 9.10. The van der Waals surface area contributed by atoms with Crippen LogP contribution in [0.4, 0.5) is 15.8 Å². The lowest BCUT2D eigenvalue weighted by atomic mass is 10.2. The maximum Gasteiger partial charge on any atom is 0.291 e. The molecular formula is C19H14BrFN2O4. The van der Waals surface area contributed by atoms with Crippen LogP contribution < -0.4 is 15.4 Å². The lowest BCUT2D eigenvalue weighted by Crippen LogP contribution is -2.20. The van der Waals surface area contributed by atoms with Crippen molar-refractivity contribution in [3.05, 3.63) is 76.9 Å². The van der Waals surface area contributed by atoms with Crippen LogP contribution in [-0.2, 0) is 4.79 Å². The van der Waals surface area contributed by atoms with Gasteiger partial charge in [-0.2, -0.15) is 0 Å². The fourth-order valence-electron chi connectivity index (χ4n) is 2.21. The Morgan fingerprint density at radius 2 is 1.81 bits per heavy atom. The number of amides is 2. The van der Waals surface area contributed by atoms with Crippen LogP contribution >= 0.6 is 15.9 Å². The lowest BCUT2D eigenvalue weighted by Gasteiger charge is -2.10. The van der Waals surface area contributed by atoms with Crippen molar-refractivity contribution >= 4 is 39.1 Å². The Labute approximate surface area is 162 Å². The summed E-state index contributed by atoms with van der Waals surface area (Å²) in [5, 5.41) is 5.33. The number of nitrogens with one attached hydrogen (secondary N) is 2. The average molecular weight is 433 g/mol. The molecule has 2 N–H and O–H groups in total. The van der Waals surface area contributed by atoms with Crippen LogP contribution in [0, 0.1) is 5.82 Å². The zero-order valence-corrected chi connectivity index (χ0v) is 15.5. The number of hydrogen-bond acceptors (Lipinski definition) is 4. The van der Waals surface area contributed by atoms with E-state index in [1.807, 2.05) is 0 Å². The molecule has 0 aliphatic rings. The van der Waals surface area contributed by atoms with Crippen molar-refractivity contribution in [1.29, 1.82) is 0 Å². The van der Waals surface area contributed by atoms with Gasteiger partial charge in [0.25, 0.3) is 11.8 Å². The van der Waals surface area contributed by atoms with Gasteiger partial charge >= 0.3 is 0 Å². The summed E-state index contributed by atoms with van der Waals surface area (Å²) in [6.07, 6.45) is 1.41. The number of anilines is 2. The van der Waals surface area contributed by atoms with E-state index in [1.165, 1.54) is 24.5 Å². The first-order valence-corrected chi connectivity index (χ1v) is 8.63. The lowest BCUT2D eigenvalue weighted by molar-refractivity contribution is -0.118. The van der Waals surface area contributed by atoms with Crippen molar-refractivity contribution in [2.24, 2.45) is 0 Å². The van der Waals surface area contributed by atoms with Gasteiger partial charge in [0, 0.05) is 11.4 Å². The maximum absolute atomic E-state index is 13.1. The van der Waals surface area contributed by atoms with E-state index in [-0.39, 0.29) is 12.4 Å². The predicted molar refractivity (Wildman–Crippen MR) is 101 cm³/mol. The van der Waals surface area contributed by atoms with Gasteiger partial charge in [-0.15, -0.1) is 0 Å². The molecule has 0 atom stereocenters. The number of hydrogen-bond donors (Lipinski definition) is 2. The molecule has 8 heteroatoms. The largest absolute Gasteiger partial charge is 0.483 e. The minimum atomic E-state index is -0.410. The number of carbonyl (C=O) groups excluding carboxylic acids is 2. The molecule has 1 aromatic heterocycles. The van der Waals surface area contributed by atoms with E-state index in [1.54, 1.807) is 36.4 Å². The number of furan rings is 1. The highest BCUT2D eigenvalue weighted by Crippen LogP contribution is 2.25. The number of benzene rings is 2. The van der Waals surface area contributed by atoms with E-state index in [0.29, 0.717) is 21.6 Å². The summed E-state index contributed by atoms with van der Waals surface area (Å²) in [5.74, 6) is -0.672. The normalized spacial score (nSPS) is 10.3. The molecule has 0 saturated heterocycles. The first kappa shape index (κ1) is 18.7. The molecule has 0 aliphatic heterocycles. The van der Waals surface area contributed by atoms with Gasteiger partial charge in [0.15, 0.2) is 12.4 Å². The molecule has 3 aromatic rings. The van der Waals surface area contributed by atoms with Crippen LogP contribution in [0.15, 0.2) is 69.8 Å². The first-order valence-electron chi connectivity index (χ1n) is 7.84. The molecule has 27 heavy (non-hydrogen) atoms. The van der Waals surface area contributed by atoms with E-state index in [0.717, 1.165) is 0 Å². The third-order valence-electron chi connectivity index (χ3n) is 3.40.